The summed E-state index contributed by atoms with van der Waals surface area (Å²) in [6.07, 6.45) is 2.30. The summed E-state index contributed by atoms with van der Waals surface area (Å²) >= 11 is 5.95. The van der Waals surface area contributed by atoms with Crippen LogP contribution in [0.1, 0.15) is 42.9 Å². The van der Waals surface area contributed by atoms with E-state index in [2.05, 4.69) is 10.0 Å². The molecule has 2 N–H and O–H groups in total. The number of sulfonamides is 1. The van der Waals surface area contributed by atoms with Crippen molar-refractivity contribution in [3.05, 3.63) is 94.5 Å². The minimum Gasteiger partial charge on any atom is -0.497 e. The molecule has 3 aromatic rings. The van der Waals surface area contributed by atoms with Gasteiger partial charge in [-0.1, -0.05) is 48.0 Å². The SMILES string of the molecule is COc1ccc(CN(C(=O)CCc2ccc(S(=O)(=O)NC3CC3)cc2)[C@@H](C)C(=O)NCc2ccc(Cl)cc2)cc1. The molecule has 0 aliphatic heterocycles. The van der Waals surface area contributed by atoms with Crippen molar-refractivity contribution < 1.29 is 22.7 Å². The van der Waals surface area contributed by atoms with Crippen LogP contribution in [0.4, 0.5) is 0 Å². The van der Waals surface area contributed by atoms with Crippen molar-refractivity contribution >= 4 is 33.4 Å². The van der Waals surface area contributed by atoms with Gasteiger partial charge in [-0.05, 0) is 79.3 Å². The number of benzene rings is 3. The van der Waals surface area contributed by atoms with Crippen LogP contribution in [-0.2, 0) is 39.1 Å². The molecule has 10 heteroatoms. The summed E-state index contributed by atoms with van der Waals surface area (Å²) < 4.78 is 32.8. The lowest BCUT2D eigenvalue weighted by atomic mass is 10.1. The van der Waals surface area contributed by atoms with E-state index in [1.165, 1.54) is 0 Å². The number of hydrogen-bond acceptors (Lipinski definition) is 5. The molecule has 0 heterocycles. The standard InChI is InChI=1S/C30H34ClN3O5S/c1-21(30(36)32-19-23-3-10-25(31)11-4-23)34(20-24-5-14-27(39-2)15-6-24)29(35)18-9-22-7-16-28(17-8-22)40(37,38)33-26-12-13-26/h3-8,10-11,14-17,21,26,33H,9,12-13,18-20H2,1-2H3,(H,32,36)/t21-/m0/s1. The maximum Gasteiger partial charge on any atom is 0.242 e. The van der Waals surface area contributed by atoms with E-state index in [-0.39, 0.29) is 35.7 Å². The van der Waals surface area contributed by atoms with E-state index in [1.807, 2.05) is 36.4 Å². The van der Waals surface area contributed by atoms with Gasteiger partial charge in [0, 0.05) is 30.6 Å². The van der Waals surface area contributed by atoms with Crippen molar-refractivity contribution in [3.63, 3.8) is 0 Å². The first-order valence-electron chi connectivity index (χ1n) is 13.2. The van der Waals surface area contributed by atoms with Crippen molar-refractivity contribution in [3.8, 4) is 5.75 Å². The number of halogens is 1. The topological polar surface area (TPSA) is 105 Å². The van der Waals surface area contributed by atoms with E-state index in [1.54, 1.807) is 55.3 Å². The maximum atomic E-state index is 13.5. The third kappa shape index (κ3) is 8.30. The van der Waals surface area contributed by atoms with Crippen molar-refractivity contribution in [2.24, 2.45) is 0 Å². The smallest absolute Gasteiger partial charge is 0.242 e. The van der Waals surface area contributed by atoms with Crippen LogP contribution < -0.4 is 14.8 Å². The molecular weight excluding hydrogens is 550 g/mol. The van der Waals surface area contributed by atoms with Crippen molar-refractivity contribution in [2.75, 3.05) is 7.11 Å². The molecule has 0 spiro atoms. The second kappa shape index (κ2) is 13.3. The average Bonchev–Trinajstić information content (AvgIpc) is 3.77. The Balaban J connectivity index is 1.42. The van der Waals surface area contributed by atoms with E-state index in [0.29, 0.717) is 23.7 Å². The molecule has 2 amide bonds. The van der Waals surface area contributed by atoms with Gasteiger partial charge in [-0.15, -0.1) is 0 Å². The molecule has 1 saturated carbocycles. The summed E-state index contributed by atoms with van der Waals surface area (Å²) in [4.78, 5) is 28.3. The van der Waals surface area contributed by atoms with Crippen LogP contribution in [0.5, 0.6) is 5.75 Å². The summed E-state index contributed by atoms with van der Waals surface area (Å²) in [6, 6.07) is 20.5. The highest BCUT2D eigenvalue weighted by Gasteiger charge is 2.28. The summed E-state index contributed by atoms with van der Waals surface area (Å²) in [5, 5.41) is 3.53. The number of carbonyl (C=O) groups is 2. The summed E-state index contributed by atoms with van der Waals surface area (Å²) in [5.74, 6) is 0.250. The molecule has 3 aromatic carbocycles. The monoisotopic (exact) mass is 583 g/mol. The lowest BCUT2D eigenvalue weighted by Gasteiger charge is -2.29. The Morgan fingerprint density at radius 2 is 1.55 bits per heavy atom. The third-order valence-electron chi connectivity index (χ3n) is 6.82. The predicted molar refractivity (Wildman–Crippen MR) is 154 cm³/mol. The minimum absolute atomic E-state index is 0.0318. The fourth-order valence-electron chi connectivity index (χ4n) is 4.17. The zero-order valence-electron chi connectivity index (χ0n) is 22.6. The number of methoxy groups -OCH3 is 1. The van der Waals surface area contributed by atoms with Crippen LogP contribution in [0.25, 0.3) is 0 Å². The summed E-state index contributed by atoms with van der Waals surface area (Å²) in [6.45, 7) is 2.28. The van der Waals surface area contributed by atoms with Crippen LogP contribution in [0, 0.1) is 0 Å². The molecule has 8 nitrogen and oxygen atoms in total. The fraction of sp³-hybridized carbons (Fsp3) is 0.333. The zero-order valence-corrected chi connectivity index (χ0v) is 24.2. The second-order valence-electron chi connectivity index (χ2n) is 9.93. The van der Waals surface area contributed by atoms with Gasteiger partial charge in [0.2, 0.25) is 21.8 Å². The number of rotatable bonds is 13. The first-order chi connectivity index (χ1) is 19.1. The van der Waals surface area contributed by atoms with Gasteiger partial charge in [-0.25, -0.2) is 13.1 Å². The van der Waals surface area contributed by atoms with Gasteiger partial charge in [-0.2, -0.15) is 0 Å². The molecular formula is C30H34ClN3O5S. The Labute approximate surface area is 240 Å². The van der Waals surface area contributed by atoms with Gasteiger partial charge in [0.1, 0.15) is 11.8 Å². The Morgan fingerprint density at radius 3 is 2.15 bits per heavy atom. The van der Waals surface area contributed by atoms with Crippen molar-refractivity contribution in [2.45, 2.75) is 62.7 Å². The minimum atomic E-state index is -3.53. The number of nitrogens with one attached hydrogen (secondary N) is 2. The van der Waals surface area contributed by atoms with Gasteiger partial charge in [0.25, 0.3) is 0 Å². The molecule has 0 radical (unpaired) electrons. The molecule has 212 valence electrons. The number of carbonyl (C=O) groups excluding carboxylic acids is 2. The van der Waals surface area contributed by atoms with Gasteiger partial charge >= 0.3 is 0 Å². The Kier molecular flexibility index (Phi) is 9.84. The molecule has 1 aliphatic rings. The molecule has 0 aromatic heterocycles. The molecule has 0 bridgehead atoms. The first kappa shape index (κ1) is 29.6. The lowest BCUT2D eigenvalue weighted by Crippen LogP contribution is -2.47. The average molecular weight is 584 g/mol. The normalized spacial score (nSPS) is 13.9. The summed E-state index contributed by atoms with van der Waals surface area (Å²) in [7, 11) is -1.95. The molecule has 4 rings (SSSR count). The largest absolute Gasteiger partial charge is 0.497 e. The van der Waals surface area contributed by atoms with Gasteiger partial charge in [0.15, 0.2) is 0 Å². The first-order valence-corrected chi connectivity index (χ1v) is 15.1. The van der Waals surface area contributed by atoms with Crippen LogP contribution in [0.2, 0.25) is 5.02 Å². The lowest BCUT2D eigenvalue weighted by molar-refractivity contribution is -0.140. The number of hydrogen-bond donors (Lipinski definition) is 2. The molecule has 1 fully saturated rings. The third-order valence-corrected chi connectivity index (χ3v) is 8.61. The number of amides is 2. The van der Waals surface area contributed by atoms with Crippen LogP contribution in [0.3, 0.4) is 0 Å². The highest BCUT2D eigenvalue weighted by Crippen LogP contribution is 2.23. The Hall–Kier alpha value is -3.40. The van der Waals surface area contributed by atoms with Crippen molar-refractivity contribution in [1.29, 1.82) is 0 Å². The molecule has 0 saturated heterocycles. The van der Waals surface area contributed by atoms with Crippen LogP contribution in [0.15, 0.2) is 77.7 Å². The van der Waals surface area contributed by atoms with Gasteiger partial charge < -0.3 is 15.0 Å². The quantitative estimate of drug-likeness (QED) is 0.309. The zero-order chi connectivity index (χ0) is 28.7. The molecule has 40 heavy (non-hydrogen) atoms. The summed E-state index contributed by atoms with van der Waals surface area (Å²) in [5.41, 5.74) is 2.60. The van der Waals surface area contributed by atoms with E-state index in [9.17, 15) is 18.0 Å². The number of nitrogens with zero attached hydrogens (tertiary/aromatic N) is 1. The van der Waals surface area contributed by atoms with Crippen molar-refractivity contribution in [1.82, 2.24) is 14.9 Å². The van der Waals surface area contributed by atoms with E-state index in [0.717, 1.165) is 29.5 Å². The predicted octanol–water partition coefficient (Wildman–Crippen LogP) is 4.46. The number of ether oxygens (including phenoxy) is 1. The van der Waals surface area contributed by atoms with E-state index >= 15 is 0 Å². The fourth-order valence-corrected chi connectivity index (χ4v) is 5.60. The van der Waals surface area contributed by atoms with E-state index in [4.69, 9.17) is 16.3 Å². The highest BCUT2D eigenvalue weighted by molar-refractivity contribution is 7.89. The van der Waals surface area contributed by atoms with Crippen LogP contribution >= 0.6 is 11.6 Å². The van der Waals surface area contributed by atoms with Gasteiger partial charge in [-0.3, -0.25) is 9.59 Å². The second-order valence-corrected chi connectivity index (χ2v) is 12.1. The van der Waals surface area contributed by atoms with Gasteiger partial charge in [0.05, 0.1) is 12.0 Å². The maximum absolute atomic E-state index is 13.5. The highest BCUT2D eigenvalue weighted by atomic mass is 35.5. The molecule has 0 unspecified atom stereocenters. The Bertz CT molecular complexity index is 1410. The Morgan fingerprint density at radius 1 is 0.950 bits per heavy atom. The van der Waals surface area contributed by atoms with E-state index < -0.39 is 16.1 Å². The molecule has 1 aliphatic carbocycles. The molecule has 1 atom stereocenters. The number of aryl methyl sites for hydroxylation is 1. The van der Waals surface area contributed by atoms with Crippen LogP contribution in [-0.4, -0.2) is 44.3 Å².